The van der Waals surface area contributed by atoms with Gasteiger partial charge in [-0.1, -0.05) is 38.1 Å². The zero-order valence-corrected chi connectivity index (χ0v) is 12.6. The Bertz CT molecular complexity index is 502. The number of ketones is 1. The molecule has 9 nitrogen and oxygen atoms in total. The maximum absolute atomic E-state index is 11.1. The Morgan fingerprint density at radius 3 is 2.09 bits per heavy atom. The second-order valence-electron chi connectivity index (χ2n) is 3.93. The fourth-order valence-corrected chi connectivity index (χ4v) is 1.53. The van der Waals surface area contributed by atoms with Crippen LogP contribution < -0.4 is 0 Å². The summed E-state index contributed by atoms with van der Waals surface area (Å²) < 4.78 is 0. The normalized spacial score (nSPS) is 10.7. The summed E-state index contributed by atoms with van der Waals surface area (Å²) >= 11 is 0. The maximum Gasteiger partial charge on any atom is 0.294 e. The first kappa shape index (κ1) is 19.3. The quantitative estimate of drug-likeness (QED) is 0.409. The van der Waals surface area contributed by atoms with Gasteiger partial charge in [0.25, 0.3) is 10.2 Å². The van der Waals surface area contributed by atoms with E-state index in [0.717, 1.165) is 0 Å². The molecule has 0 aliphatic carbocycles. The number of hydrogen-bond acceptors (Lipinski definition) is 7. The predicted octanol–water partition coefficient (Wildman–Crippen LogP) is 2.24. The van der Waals surface area contributed by atoms with Crippen LogP contribution in [-0.2, 0) is 16.1 Å². The van der Waals surface area contributed by atoms with Crippen molar-refractivity contribution in [1.29, 1.82) is 0 Å². The third-order valence-corrected chi connectivity index (χ3v) is 2.42. The first-order chi connectivity index (χ1) is 10.4. The van der Waals surface area contributed by atoms with Gasteiger partial charge in [-0.3, -0.25) is 4.79 Å². The van der Waals surface area contributed by atoms with Gasteiger partial charge >= 0.3 is 0 Å². The Morgan fingerprint density at radius 1 is 1.14 bits per heavy atom. The van der Waals surface area contributed by atoms with Crippen molar-refractivity contribution in [2.24, 2.45) is 0 Å². The van der Waals surface area contributed by atoms with Gasteiger partial charge < -0.3 is 9.68 Å². The van der Waals surface area contributed by atoms with Gasteiger partial charge in [0.2, 0.25) is 0 Å². The highest BCUT2D eigenvalue weighted by Crippen LogP contribution is 2.10. The lowest BCUT2D eigenvalue weighted by Gasteiger charge is -2.13. The van der Waals surface area contributed by atoms with E-state index in [-0.39, 0.29) is 12.2 Å². The van der Waals surface area contributed by atoms with E-state index in [1.807, 2.05) is 13.8 Å². The summed E-state index contributed by atoms with van der Waals surface area (Å²) in [5.74, 6) is -0.105. The SMILES string of the molecule is CC.CC(=O)c1ccc(CC(CO[N+](=O)[O-])O[N+](=O)[O-])cc1. The van der Waals surface area contributed by atoms with Crippen molar-refractivity contribution in [2.45, 2.75) is 33.3 Å². The van der Waals surface area contributed by atoms with Crippen LogP contribution >= 0.6 is 0 Å². The van der Waals surface area contributed by atoms with Gasteiger partial charge in [-0.05, 0) is 12.5 Å². The molecule has 122 valence electrons. The van der Waals surface area contributed by atoms with E-state index in [0.29, 0.717) is 11.1 Å². The second-order valence-corrected chi connectivity index (χ2v) is 3.93. The van der Waals surface area contributed by atoms with Crippen LogP contribution in [0.1, 0.15) is 36.7 Å². The molecule has 0 aliphatic rings. The smallest absolute Gasteiger partial charge is 0.294 e. The number of hydrogen-bond donors (Lipinski definition) is 0. The van der Waals surface area contributed by atoms with Crippen LogP contribution in [0.2, 0.25) is 0 Å². The third-order valence-electron chi connectivity index (χ3n) is 2.42. The summed E-state index contributed by atoms with van der Waals surface area (Å²) in [5.41, 5.74) is 1.14. The van der Waals surface area contributed by atoms with Crippen LogP contribution in [0.15, 0.2) is 24.3 Å². The lowest BCUT2D eigenvalue weighted by atomic mass is 10.0. The van der Waals surface area contributed by atoms with Crippen molar-refractivity contribution < 1.29 is 24.6 Å². The minimum Gasteiger partial charge on any atom is -0.312 e. The molecule has 0 bridgehead atoms. The van der Waals surface area contributed by atoms with Gasteiger partial charge in [-0.25, -0.2) is 0 Å². The molecule has 0 saturated heterocycles. The van der Waals surface area contributed by atoms with Gasteiger partial charge in [0, 0.05) is 12.0 Å². The van der Waals surface area contributed by atoms with Crippen molar-refractivity contribution in [3.05, 3.63) is 55.6 Å². The first-order valence-corrected chi connectivity index (χ1v) is 6.57. The Morgan fingerprint density at radius 2 is 1.68 bits per heavy atom. The molecular formula is C13H18N2O7. The van der Waals surface area contributed by atoms with Crippen molar-refractivity contribution in [1.82, 2.24) is 0 Å². The average molecular weight is 314 g/mol. The van der Waals surface area contributed by atoms with E-state index in [4.69, 9.17) is 0 Å². The van der Waals surface area contributed by atoms with Crippen molar-refractivity contribution >= 4 is 5.78 Å². The standard InChI is InChI=1S/C11H12N2O7.C2H6/c1-8(14)10-4-2-9(3-5-10)6-11(20-13(17)18)7-19-12(15)16;1-2/h2-5,11H,6-7H2,1H3;1-2H3. The Labute approximate surface area is 127 Å². The van der Waals surface area contributed by atoms with Crippen LogP contribution in [0.25, 0.3) is 0 Å². The minimum atomic E-state index is -1.10. The van der Waals surface area contributed by atoms with Gasteiger partial charge in [-0.2, -0.15) is 0 Å². The van der Waals surface area contributed by atoms with E-state index in [1.54, 1.807) is 24.3 Å². The summed E-state index contributed by atoms with van der Waals surface area (Å²) in [6.45, 7) is 4.86. The van der Waals surface area contributed by atoms with Gasteiger partial charge in [0.05, 0.1) is 0 Å². The second kappa shape index (κ2) is 10.1. The van der Waals surface area contributed by atoms with E-state index in [1.165, 1.54) is 6.92 Å². The molecule has 0 radical (unpaired) electrons. The molecule has 1 unspecified atom stereocenters. The van der Waals surface area contributed by atoms with Crippen LogP contribution in [0, 0.1) is 20.2 Å². The highest BCUT2D eigenvalue weighted by molar-refractivity contribution is 5.93. The Kier molecular flexibility index (Phi) is 8.84. The molecule has 1 aromatic carbocycles. The number of carbonyl (C=O) groups is 1. The van der Waals surface area contributed by atoms with Crippen molar-refractivity contribution in [3.8, 4) is 0 Å². The molecule has 0 fully saturated rings. The van der Waals surface area contributed by atoms with Crippen LogP contribution in [-0.4, -0.2) is 28.7 Å². The molecule has 0 saturated carbocycles. The molecule has 0 aliphatic heterocycles. The highest BCUT2D eigenvalue weighted by Gasteiger charge is 2.16. The molecule has 1 rings (SSSR count). The first-order valence-electron chi connectivity index (χ1n) is 6.57. The molecule has 0 N–H and O–H groups in total. The maximum atomic E-state index is 11.1. The highest BCUT2D eigenvalue weighted by atomic mass is 17.0. The van der Waals surface area contributed by atoms with E-state index in [2.05, 4.69) is 9.68 Å². The van der Waals surface area contributed by atoms with Crippen molar-refractivity contribution in [3.63, 3.8) is 0 Å². The fraction of sp³-hybridized carbons (Fsp3) is 0.462. The Hall–Kier alpha value is -2.71. The molecule has 0 heterocycles. The lowest BCUT2D eigenvalue weighted by molar-refractivity contribution is -0.789. The zero-order valence-electron chi connectivity index (χ0n) is 12.6. The number of rotatable bonds is 8. The number of carbonyl (C=O) groups excluding carboxylic acids is 1. The third kappa shape index (κ3) is 7.78. The number of Topliss-reactive ketones (excluding diaryl/α,β-unsaturated/α-hetero) is 1. The summed E-state index contributed by atoms with van der Waals surface area (Å²) in [6, 6.07) is 6.32. The van der Waals surface area contributed by atoms with Gasteiger partial charge in [0.15, 0.2) is 5.78 Å². The average Bonchev–Trinajstić information content (AvgIpc) is 2.47. The van der Waals surface area contributed by atoms with Gasteiger partial charge in [0.1, 0.15) is 12.7 Å². The fourth-order valence-electron chi connectivity index (χ4n) is 1.53. The zero-order chi connectivity index (χ0) is 17.1. The lowest BCUT2D eigenvalue weighted by Crippen LogP contribution is -2.26. The largest absolute Gasteiger partial charge is 0.312 e. The van der Waals surface area contributed by atoms with E-state index in [9.17, 15) is 25.0 Å². The molecule has 1 atom stereocenters. The molecule has 22 heavy (non-hydrogen) atoms. The summed E-state index contributed by atoms with van der Waals surface area (Å²) in [7, 11) is 0. The van der Waals surface area contributed by atoms with Crippen LogP contribution in [0.4, 0.5) is 0 Å². The van der Waals surface area contributed by atoms with Crippen molar-refractivity contribution in [2.75, 3.05) is 6.61 Å². The van der Waals surface area contributed by atoms with Gasteiger partial charge in [-0.15, -0.1) is 20.2 Å². The molecule has 0 spiro atoms. The summed E-state index contributed by atoms with van der Waals surface area (Å²) in [4.78, 5) is 39.9. The minimum absolute atomic E-state index is 0.0486. The number of benzene rings is 1. The van der Waals surface area contributed by atoms with E-state index < -0.39 is 22.9 Å². The van der Waals surface area contributed by atoms with Crippen LogP contribution in [0.3, 0.4) is 0 Å². The summed E-state index contributed by atoms with van der Waals surface area (Å²) in [5, 5.41) is 18.3. The summed E-state index contributed by atoms with van der Waals surface area (Å²) in [6.07, 6.45) is -1.05. The molecule has 0 aromatic heterocycles. The predicted molar refractivity (Wildman–Crippen MR) is 76.3 cm³/mol. The monoisotopic (exact) mass is 314 g/mol. The van der Waals surface area contributed by atoms with Crippen LogP contribution in [0.5, 0.6) is 0 Å². The molecule has 9 heteroatoms. The molecular weight excluding hydrogens is 296 g/mol. The Balaban J connectivity index is 0.00000211. The van der Waals surface area contributed by atoms with E-state index >= 15 is 0 Å². The number of nitrogens with zero attached hydrogens (tertiary/aromatic N) is 2. The molecule has 1 aromatic rings. The molecule has 0 amide bonds. The topological polar surface area (TPSA) is 122 Å².